The lowest BCUT2D eigenvalue weighted by molar-refractivity contribution is 0.105. The third kappa shape index (κ3) is 16.5. The van der Waals surface area contributed by atoms with Gasteiger partial charge in [0.2, 0.25) is 19.7 Å². The Kier molecular flexibility index (Phi) is 21.3. The summed E-state index contributed by atoms with van der Waals surface area (Å²) in [7, 11) is -29.5. The molecule has 4 N–H and O–H groups in total. The number of ether oxygens (including phenoxy) is 2. The predicted molar refractivity (Wildman–Crippen MR) is 355 cm³/mol. The zero-order chi connectivity index (χ0) is 67.8. The molecule has 490 valence electrons. The maximum atomic E-state index is 14.3. The fourth-order valence-corrected chi connectivity index (χ4v) is 19.3. The lowest BCUT2D eigenvalue weighted by Crippen LogP contribution is -2.29. The molecule has 27 heteroatoms. The Balaban J connectivity index is 0.977. The van der Waals surface area contributed by atoms with Crippen LogP contribution in [0.5, 0.6) is 17.2 Å². The maximum Gasteiger partial charge on any atom is 0.298 e. The lowest BCUT2D eigenvalue weighted by atomic mass is 9.82. The van der Waals surface area contributed by atoms with Crippen molar-refractivity contribution < 1.29 is 78.2 Å². The van der Waals surface area contributed by atoms with E-state index < -0.39 is 121 Å². The molecule has 0 amide bonds. The molecule has 92 heavy (non-hydrogen) atoms. The van der Waals surface area contributed by atoms with Gasteiger partial charge in [0, 0.05) is 29.2 Å². The van der Waals surface area contributed by atoms with Crippen LogP contribution < -0.4 is 9.47 Å². The summed E-state index contributed by atoms with van der Waals surface area (Å²) in [6.07, 6.45) is 2.07. The van der Waals surface area contributed by atoms with Gasteiger partial charge in [-0.25, -0.2) is 16.8 Å². The topological polar surface area (TPSA) is 304 Å². The van der Waals surface area contributed by atoms with Gasteiger partial charge in [0.15, 0.2) is 0 Å². The van der Waals surface area contributed by atoms with E-state index in [2.05, 4.69) is 0 Å². The number of hydrogen-bond acceptors (Lipinski definition) is 17. The van der Waals surface area contributed by atoms with E-state index in [1.165, 1.54) is 53.9 Å². The molecule has 0 aliphatic carbocycles. The highest BCUT2D eigenvalue weighted by atomic mass is 32.2. The van der Waals surface area contributed by atoms with Crippen molar-refractivity contribution in [1.29, 1.82) is 0 Å². The number of hydrogen-bond donors (Lipinski definition) is 4. The fourth-order valence-electron chi connectivity index (χ4n) is 9.98. The Morgan fingerprint density at radius 2 is 0.826 bits per heavy atom. The van der Waals surface area contributed by atoms with Gasteiger partial charge in [0.25, 0.3) is 40.5 Å². The second-order valence-electron chi connectivity index (χ2n) is 23.0. The zero-order valence-corrected chi connectivity index (χ0v) is 58.6. The van der Waals surface area contributed by atoms with Gasteiger partial charge in [-0.05, 0) is 214 Å². The quantitative estimate of drug-likeness (QED) is 0.0289. The van der Waals surface area contributed by atoms with Crippen molar-refractivity contribution in [2.75, 3.05) is 0 Å². The number of rotatable bonds is 26. The molecule has 0 aromatic heterocycles. The van der Waals surface area contributed by atoms with Gasteiger partial charge in [-0.15, -0.1) is 11.8 Å². The molecule has 18 nitrogen and oxygen atoms in total. The Morgan fingerprint density at radius 3 is 1.29 bits per heavy atom. The van der Waals surface area contributed by atoms with Crippen LogP contribution in [-0.4, -0.2) is 79.1 Å². The summed E-state index contributed by atoms with van der Waals surface area (Å²) in [4.78, 5) is -2.19. The van der Waals surface area contributed by atoms with Crippen LogP contribution in [0, 0.1) is 0 Å². The van der Waals surface area contributed by atoms with Crippen LogP contribution in [-0.2, 0) is 65.6 Å². The van der Waals surface area contributed by atoms with Gasteiger partial charge in [-0.1, -0.05) is 101 Å². The summed E-state index contributed by atoms with van der Waals surface area (Å²) in [5.41, 5.74) is 0.733. The van der Waals surface area contributed by atoms with E-state index in [9.17, 15) is 68.7 Å². The monoisotopic (exact) mass is 1420 g/mol. The molecule has 0 fully saturated rings. The van der Waals surface area contributed by atoms with Crippen molar-refractivity contribution in [3.05, 3.63) is 181 Å². The first-order valence-electron chi connectivity index (χ1n) is 28.5. The van der Waals surface area contributed by atoms with Crippen molar-refractivity contribution in [1.82, 2.24) is 0 Å². The molecule has 2 unspecified atom stereocenters. The number of thioether (sulfide) groups is 1. The average Bonchev–Trinajstić information content (AvgIpc) is 0.769. The van der Waals surface area contributed by atoms with E-state index in [0.717, 1.165) is 86.1 Å². The van der Waals surface area contributed by atoms with Crippen LogP contribution in [0.25, 0.3) is 11.1 Å². The van der Waals surface area contributed by atoms with Crippen LogP contribution in [0.15, 0.2) is 233 Å². The molecule has 0 aliphatic rings. The minimum Gasteiger partial charge on any atom is -0.488 e. The normalized spacial score (nSPS) is 13.9. The van der Waals surface area contributed by atoms with Gasteiger partial charge < -0.3 is 9.47 Å². The highest BCUT2D eigenvalue weighted by Gasteiger charge is 2.38. The van der Waals surface area contributed by atoms with Gasteiger partial charge in [-0.2, -0.15) is 33.7 Å². The summed E-state index contributed by atoms with van der Waals surface area (Å²) >= 11 is 3.81. The van der Waals surface area contributed by atoms with E-state index >= 15 is 0 Å². The Bertz CT molecular complexity index is 4790. The summed E-state index contributed by atoms with van der Waals surface area (Å²) in [6.45, 7) is 17.0. The molecule has 8 aromatic rings. The molecule has 0 spiro atoms. The molecular weight excluding hydrogens is 1360 g/mol. The smallest absolute Gasteiger partial charge is 0.298 e. The van der Waals surface area contributed by atoms with E-state index in [-0.39, 0.29) is 27.4 Å². The summed E-state index contributed by atoms with van der Waals surface area (Å²) < 4.78 is 212. The Hall–Kier alpha value is -6.05. The fraction of sp³-hybridized carbons (Fsp3) is 0.262. The molecule has 8 aromatic carbocycles. The van der Waals surface area contributed by atoms with Gasteiger partial charge in [0.1, 0.15) is 32.6 Å². The van der Waals surface area contributed by atoms with Gasteiger partial charge >= 0.3 is 0 Å². The molecule has 0 aliphatic heterocycles. The van der Waals surface area contributed by atoms with Gasteiger partial charge in [-0.3, -0.25) is 18.2 Å². The molecule has 0 heterocycles. The Morgan fingerprint density at radius 1 is 0.413 bits per heavy atom. The van der Waals surface area contributed by atoms with Gasteiger partial charge in [0.05, 0.1) is 29.4 Å². The van der Waals surface area contributed by atoms with E-state index in [1.807, 2.05) is 90.1 Å². The van der Waals surface area contributed by atoms with E-state index in [1.54, 1.807) is 69.3 Å². The van der Waals surface area contributed by atoms with E-state index in [0.29, 0.717) is 30.2 Å². The third-order valence-electron chi connectivity index (χ3n) is 15.9. The minimum absolute atomic E-state index is 0.0202. The Labute approximate surface area is 551 Å². The summed E-state index contributed by atoms with van der Waals surface area (Å²) in [5, 5.41) is 0. The highest BCUT2D eigenvalue weighted by Crippen LogP contribution is 2.50. The van der Waals surface area contributed by atoms with Crippen molar-refractivity contribution >= 4 is 95.4 Å². The third-order valence-corrected chi connectivity index (χ3v) is 26.8. The second-order valence-corrected chi connectivity index (χ2v) is 36.3. The molecular formula is C65H68O18S9. The second kappa shape index (κ2) is 27.4. The van der Waals surface area contributed by atoms with Crippen molar-refractivity contribution in [3.8, 4) is 28.4 Å². The highest BCUT2D eigenvalue weighted by molar-refractivity contribution is 8.01. The van der Waals surface area contributed by atoms with Crippen molar-refractivity contribution in [2.45, 2.75) is 173 Å². The predicted octanol–water partition coefficient (Wildman–Crippen LogP) is 15.8. The standard InChI is InChI=1S/C65H68O18S9/c1-10-55(54-34-30-50(38-59(54)89(70,71)72)87(66,67)52-32-36-57(61(40-52)91(76,77)78)82-44-18-26-46(27-19-44)84-47-28-20-45(21-29-47)83-64(7,8)12-3)65(9,13-4)86-49-24-16-43(17-25-49)42-14-22-48(23-15-42)85-58-37-33-53(41-62(58)92(79,80)81)88(68,69)51-31-35-56(63(5,6)11-2)60(39-51)90(73,74)75/h14-41,55H,10-13H2,1-9H3,(H,70,71,72)(H,73,74,75)(H,76,77,78)(H,79,80,81). The zero-order valence-electron chi connectivity index (χ0n) is 51.3. The molecule has 0 radical (unpaired) electrons. The van der Waals surface area contributed by atoms with Crippen LogP contribution in [0.2, 0.25) is 0 Å². The summed E-state index contributed by atoms with van der Waals surface area (Å²) in [5.74, 6) is -0.111. The van der Waals surface area contributed by atoms with Crippen LogP contribution in [0.4, 0.5) is 0 Å². The van der Waals surface area contributed by atoms with Crippen molar-refractivity contribution in [2.24, 2.45) is 0 Å². The average molecular weight is 1430 g/mol. The SMILES string of the molecule is CCC(c1ccc(S(=O)(=O)c2ccc(Oc3ccc(Sc4ccc(OC(C)(C)CC)cc4)cc3)c(S(=O)(=O)O)c2)cc1S(=O)(=O)O)C(C)(CC)Sc1ccc(-c2ccc(Sc3ccc(S(=O)(=O)c4ccc(C(C)(C)CC)c(S(=O)(=O)O)c4)cc3S(=O)(=O)O)cc2)cc1. The molecule has 0 bridgehead atoms. The summed E-state index contributed by atoms with van der Waals surface area (Å²) in [6, 6.07) is 41.1. The van der Waals surface area contributed by atoms with Crippen molar-refractivity contribution in [3.63, 3.8) is 0 Å². The van der Waals surface area contributed by atoms with Crippen LogP contribution in [0.3, 0.4) is 0 Å². The molecule has 0 saturated heterocycles. The molecule has 2 atom stereocenters. The van der Waals surface area contributed by atoms with Crippen LogP contribution >= 0.6 is 35.3 Å². The first-order valence-corrected chi connectivity index (χ1v) is 39.7. The maximum absolute atomic E-state index is 14.3. The minimum atomic E-state index is -5.13. The van der Waals surface area contributed by atoms with Crippen LogP contribution in [0.1, 0.15) is 105 Å². The first kappa shape index (κ1) is 71.8. The lowest BCUT2D eigenvalue weighted by Gasteiger charge is -2.37. The number of benzene rings is 8. The van der Waals surface area contributed by atoms with E-state index in [4.69, 9.17) is 9.47 Å². The largest absolute Gasteiger partial charge is 0.488 e. The number of sulfone groups is 2. The molecule has 8 rings (SSSR count). The molecule has 0 saturated carbocycles. The first-order chi connectivity index (χ1) is 42.7.